The van der Waals surface area contributed by atoms with Crippen LogP contribution in [0.4, 0.5) is 14.2 Å². The smallest absolute Gasteiger partial charge is 0.410 e. The molecule has 2 atom stereocenters. The summed E-state index contributed by atoms with van der Waals surface area (Å²) in [6.45, 7) is 20.9. The summed E-state index contributed by atoms with van der Waals surface area (Å²) in [6.07, 6.45) is 2.34. The molecule has 0 radical (unpaired) electrons. The predicted octanol–water partition coefficient (Wildman–Crippen LogP) is 9.42. The fourth-order valence-corrected chi connectivity index (χ4v) is 14.0. The summed E-state index contributed by atoms with van der Waals surface area (Å²) in [5, 5.41) is 3.55. The highest BCUT2D eigenvalue weighted by Crippen LogP contribution is 2.44. The van der Waals surface area contributed by atoms with E-state index in [2.05, 4.69) is 80.5 Å². The van der Waals surface area contributed by atoms with Gasteiger partial charge in [0.15, 0.2) is 5.82 Å². The first-order chi connectivity index (χ1) is 21.7. The van der Waals surface area contributed by atoms with Gasteiger partial charge in [-0.15, -0.1) is 5.54 Å². The maximum absolute atomic E-state index is 16.5. The third-order valence-corrected chi connectivity index (χ3v) is 17.3. The highest BCUT2D eigenvalue weighted by Gasteiger charge is 2.50. The third kappa shape index (κ3) is 5.37. The van der Waals surface area contributed by atoms with E-state index in [0.29, 0.717) is 46.3 Å². The molecule has 4 heterocycles. The number of likely N-dealkylation sites (tertiary alicyclic amines) is 1. The van der Waals surface area contributed by atoms with Crippen molar-refractivity contribution in [2.45, 2.75) is 103 Å². The first-order valence-electron chi connectivity index (χ1n) is 16.5. The van der Waals surface area contributed by atoms with Gasteiger partial charge in [0.2, 0.25) is 0 Å². The van der Waals surface area contributed by atoms with Crippen LogP contribution in [-0.4, -0.2) is 59.2 Å². The summed E-state index contributed by atoms with van der Waals surface area (Å²) in [5.74, 6) is 3.21. The van der Waals surface area contributed by atoms with E-state index in [9.17, 15) is 4.79 Å². The number of pyridine rings is 1. The van der Waals surface area contributed by atoms with Crippen LogP contribution in [-0.2, 0) is 4.74 Å². The Morgan fingerprint density at radius 3 is 2.37 bits per heavy atom. The van der Waals surface area contributed by atoms with Gasteiger partial charge in [-0.3, -0.25) is 4.98 Å². The third-order valence-electron chi connectivity index (χ3n) is 10.1. The minimum absolute atomic E-state index is 0.0863. The molecular formula is C37H45FN4O2SSi. The summed E-state index contributed by atoms with van der Waals surface area (Å²) in [5.41, 5.74) is 7.14. The fourth-order valence-electron chi connectivity index (χ4n) is 7.91. The van der Waals surface area contributed by atoms with Gasteiger partial charge in [-0.25, -0.2) is 9.18 Å². The van der Waals surface area contributed by atoms with Crippen molar-refractivity contribution in [1.82, 2.24) is 14.3 Å². The van der Waals surface area contributed by atoms with Crippen LogP contribution >= 0.6 is 11.5 Å². The van der Waals surface area contributed by atoms with E-state index in [1.54, 1.807) is 6.20 Å². The van der Waals surface area contributed by atoms with Crippen molar-refractivity contribution < 1.29 is 13.9 Å². The molecule has 0 spiro atoms. The van der Waals surface area contributed by atoms with E-state index >= 15 is 4.39 Å². The summed E-state index contributed by atoms with van der Waals surface area (Å²) >= 11 is 1.30. The first kappa shape index (κ1) is 32.5. The van der Waals surface area contributed by atoms with Crippen molar-refractivity contribution in [3.63, 3.8) is 0 Å². The topological polar surface area (TPSA) is 58.6 Å². The molecule has 0 N–H and O–H groups in total. The monoisotopic (exact) mass is 656 g/mol. The lowest BCUT2D eigenvalue weighted by Gasteiger charge is -2.47. The van der Waals surface area contributed by atoms with E-state index < -0.39 is 19.5 Å². The number of halogens is 1. The second-order valence-electron chi connectivity index (χ2n) is 14.8. The summed E-state index contributed by atoms with van der Waals surface area (Å²) in [7, 11) is -1.97. The lowest BCUT2D eigenvalue weighted by molar-refractivity contribution is 0.0194. The van der Waals surface area contributed by atoms with Crippen LogP contribution in [0.3, 0.4) is 0 Å². The van der Waals surface area contributed by atoms with Gasteiger partial charge in [-0.2, -0.15) is 4.37 Å². The highest BCUT2D eigenvalue weighted by molar-refractivity contribution is 7.11. The Morgan fingerprint density at radius 1 is 1.04 bits per heavy atom. The zero-order valence-electron chi connectivity index (χ0n) is 28.4. The van der Waals surface area contributed by atoms with E-state index in [4.69, 9.17) is 9.72 Å². The number of benzene rings is 2. The van der Waals surface area contributed by atoms with Crippen LogP contribution < -0.4 is 4.90 Å². The van der Waals surface area contributed by atoms with Crippen molar-refractivity contribution in [2.24, 2.45) is 0 Å². The Bertz CT molecular complexity index is 1840. The Morgan fingerprint density at radius 2 is 1.72 bits per heavy atom. The lowest BCUT2D eigenvalue weighted by atomic mass is 9.96. The van der Waals surface area contributed by atoms with Crippen LogP contribution in [0.1, 0.15) is 74.3 Å². The highest BCUT2D eigenvalue weighted by atomic mass is 32.1. The number of fused-ring (bicyclic) bond motifs is 3. The average molecular weight is 657 g/mol. The minimum atomic E-state index is -1.97. The average Bonchev–Trinajstić information content (AvgIpc) is 3.54. The Kier molecular flexibility index (Phi) is 8.43. The van der Waals surface area contributed by atoms with Gasteiger partial charge in [-0.1, -0.05) is 77.8 Å². The van der Waals surface area contributed by atoms with Crippen molar-refractivity contribution >= 4 is 52.4 Å². The number of ether oxygens (including phenoxy) is 1. The molecule has 1 amide bonds. The zero-order valence-corrected chi connectivity index (χ0v) is 30.3. The number of carbonyl (C=O) groups is 1. The Balaban J connectivity index is 1.36. The molecule has 0 unspecified atom stereocenters. The number of carbonyl (C=O) groups excluding carboxylic acids is 1. The molecule has 242 valence electrons. The van der Waals surface area contributed by atoms with Crippen LogP contribution in [0.5, 0.6) is 0 Å². The van der Waals surface area contributed by atoms with Gasteiger partial charge in [-0.05, 0) is 66.8 Å². The maximum Gasteiger partial charge on any atom is 0.410 e. The van der Waals surface area contributed by atoms with Crippen LogP contribution in [0.25, 0.3) is 32.9 Å². The van der Waals surface area contributed by atoms with Gasteiger partial charge in [0.05, 0.1) is 17.5 Å². The molecule has 46 heavy (non-hydrogen) atoms. The van der Waals surface area contributed by atoms with Gasteiger partial charge >= 0.3 is 6.09 Å². The maximum atomic E-state index is 16.5. The first-order valence-corrected chi connectivity index (χ1v) is 19.5. The second-order valence-corrected chi connectivity index (χ2v) is 21.1. The molecule has 6 nitrogen and oxygen atoms in total. The van der Waals surface area contributed by atoms with Crippen molar-refractivity contribution in [1.29, 1.82) is 0 Å². The summed E-state index contributed by atoms with van der Waals surface area (Å²) < 4.78 is 26.7. The normalized spacial score (nSPS) is 18.4. The standard InChI is InChI=1S/C37H45FN4O2SSi/c1-22(2)46(23(3)4,24(5)6)19-17-26-13-10-12-25-14-11-15-27(31(25)26)33-32(38)34-28(20-39-33)35(45-40-34)42-21-30-29(42)16-18-41(30)36(43)44-37(7,8)9/h10-15,20,22-24,29-30H,16,18,21H2,1-9H3/t29-,30-/m1/s1. The molecular weight excluding hydrogens is 612 g/mol. The summed E-state index contributed by atoms with van der Waals surface area (Å²) in [4.78, 5) is 21.6. The number of amides is 1. The molecule has 2 aromatic heterocycles. The number of nitrogens with zero attached hydrogens (tertiary/aromatic N) is 4. The SMILES string of the molecule is CC(C)[Si](C#Cc1cccc2cccc(-c3ncc4c(N5C[C@@H]6[C@H]5CCN6C(=O)OC(C)(C)C)snc4c3F)c12)(C(C)C)C(C)C. The molecule has 2 aromatic carbocycles. The number of aromatic nitrogens is 2. The molecule has 2 saturated heterocycles. The molecule has 0 bridgehead atoms. The number of anilines is 1. The van der Waals surface area contributed by atoms with Crippen LogP contribution in [0.15, 0.2) is 42.6 Å². The van der Waals surface area contributed by atoms with E-state index in [1.165, 1.54) is 11.5 Å². The van der Waals surface area contributed by atoms with Crippen LogP contribution in [0.2, 0.25) is 16.6 Å². The van der Waals surface area contributed by atoms with Gasteiger partial charge in [0, 0.05) is 35.8 Å². The number of hydrogen-bond acceptors (Lipinski definition) is 6. The quantitative estimate of drug-likeness (QED) is 0.158. The predicted molar refractivity (Wildman–Crippen MR) is 191 cm³/mol. The summed E-state index contributed by atoms with van der Waals surface area (Å²) in [6, 6.07) is 12.4. The molecule has 0 aliphatic carbocycles. The Hall–Kier alpha value is -3.48. The molecule has 6 rings (SSSR count). The van der Waals surface area contributed by atoms with Crippen molar-refractivity contribution in [3.05, 3.63) is 54.0 Å². The minimum Gasteiger partial charge on any atom is -0.444 e. The van der Waals surface area contributed by atoms with Gasteiger partial charge in [0.1, 0.15) is 29.9 Å². The molecule has 2 aliphatic rings. The molecule has 4 aromatic rings. The van der Waals surface area contributed by atoms with E-state index in [-0.39, 0.29) is 18.2 Å². The van der Waals surface area contributed by atoms with Crippen molar-refractivity contribution in [2.75, 3.05) is 18.0 Å². The molecule has 2 fully saturated rings. The van der Waals surface area contributed by atoms with Gasteiger partial charge < -0.3 is 14.5 Å². The Labute approximate surface area is 277 Å². The van der Waals surface area contributed by atoms with Gasteiger partial charge in [0.25, 0.3) is 0 Å². The lowest BCUT2D eigenvalue weighted by Crippen LogP contribution is -2.63. The number of rotatable bonds is 5. The molecule has 9 heteroatoms. The number of hydrogen-bond donors (Lipinski definition) is 0. The zero-order chi connectivity index (χ0) is 33.1. The van der Waals surface area contributed by atoms with Crippen molar-refractivity contribution in [3.8, 4) is 22.7 Å². The van der Waals surface area contributed by atoms with E-state index in [0.717, 1.165) is 33.3 Å². The van der Waals surface area contributed by atoms with E-state index in [1.807, 2.05) is 43.9 Å². The fraction of sp³-hybridized carbons (Fsp3) is 0.486. The largest absolute Gasteiger partial charge is 0.444 e. The molecule has 0 saturated carbocycles. The van der Waals surface area contributed by atoms with Crippen LogP contribution in [0, 0.1) is 17.3 Å². The second kappa shape index (κ2) is 12.0. The molecule has 2 aliphatic heterocycles.